The van der Waals surface area contributed by atoms with Crippen molar-refractivity contribution in [3.8, 4) is 11.5 Å². The molecule has 0 amide bonds. The molecule has 0 spiro atoms. The fraction of sp³-hybridized carbons (Fsp3) is 0.625. The van der Waals surface area contributed by atoms with Crippen LogP contribution in [0.5, 0.6) is 11.5 Å². The standard InChI is InChI=1S/C16H24N2O2/c1-16(2)6-3-7-18(16)13(11-17)12-4-5-14-15(10-12)20-9-8-19-14/h4-5,10,13H,3,6-9,11,17H2,1-2H3. The SMILES string of the molecule is CC1(C)CCCN1C(CN)c1ccc2c(c1)OCCO2. The van der Waals surface area contributed by atoms with Gasteiger partial charge < -0.3 is 15.2 Å². The van der Waals surface area contributed by atoms with Crippen LogP contribution < -0.4 is 15.2 Å². The molecule has 110 valence electrons. The van der Waals surface area contributed by atoms with Gasteiger partial charge in [-0.25, -0.2) is 0 Å². The molecule has 4 heteroatoms. The number of nitrogens with two attached hydrogens (primary N) is 1. The average molecular weight is 276 g/mol. The molecule has 2 aliphatic rings. The van der Waals surface area contributed by atoms with Crippen molar-refractivity contribution in [1.29, 1.82) is 0 Å². The molecule has 1 aromatic carbocycles. The van der Waals surface area contributed by atoms with E-state index >= 15 is 0 Å². The lowest BCUT2D eigenvalue weighted by molar-refractivity contribution is 0.118. The zero-order chi connectivity index (χ0) is 14.2. The average Bonchev–Trinajstić information content (AvgIpc) is 2.79. The van der Waals surface area contributed by atoms with Crippen molar-refractivity contribution in [3.05, 3.63) is 23.8 Å². The largest absolute Gasteiger partial charge is 0.486 e. The Bertz CT molecular complexity index is 487. The fourth-order valence-corrected chi connectivity index (χ4v) is 3.42. The van der Waals surface area contributed by atoms with E-state index in [9.17, 15) is 0 Å². The van der Waals surface area contributed by atoms with Gasteiger partial charge in [0, 0.05) is 18.1 Å². The third-order valence-corrected chi connectivity index (χ3v) is 4.52. The highest BCUT2D eigenvalue weighted by atomic mass is 16.6. The van der Waals surface area contributed by atoms with Gasteiger partial charge in [0.2, 0.25) is 0 Å². The Morgan fingerprint density at radius 1 is 1.25 bits per heavy atom. The minimum atomic E-state index is 0.220. The van der Waals surface area contributed by atoms with Crippen LogP contribution in [-0.4, -0.2) is 36.7 Å². The molecule has 4 nitrogen and oxygen atoms in total. The molecule has 0 saturated carbocycles. The van der Waals surface area contributed by atoms with Crippen molar-refractivity contribution in [2.24, 2.45) is 5.73 Å². The van der Waals surface area contributed by atoms with Crippen molar-refractivity contribution in [3.63, 3.8) is 0 Å². The van der Waals surface area contributed by atoms with Gasteiger partial charge in [-0.3, -0.25) is 4.90 Å². The summed E-state index contributed by atoms with van der Waals surface area (Å²) in [5.74, 6) is 1.70. The van der Waals surface area contributed by atoms with Gasteiger partial charge in [0.15, 0.2) is 11.5 Å². The van der Waals surface area contributed by atoms with Crippen molar-refractivity contribution in [2.45, 2.75) is 38.3 Å². The lowest BCUT2D eigenvalue weighted by Gasteiger charge is -2.38. The molecule has 20 heavy (non-hydrogen) atoms. The Balaban J connectivity index is 1.89. The number of fused-ring (bicyclic) bond motifs is 1. The van der Waals surface area contributed by atoms with E-state index in [1.165, 1.54) is 18.4 Å². The van der Waals surface area contributed by atoms with E-state index in [0.29, 0.717) is 19.8 Å². The Morgan fingerprint density at radius 3 is 2.65 bits per heavy atom. The zero-order valence-electron chi connectivity index (χ0n) is 12.4. The second kappa shape index (κ2) is 5.26. The number of ether oxygens (including phenoxy) is 2. The predicted octanol–water partition coefficient (Wildman–Crippen LogP) is 2.33. The molecule has 0 aliphatic carbocycles. The first-order valence-electron chi connectivity index (χ1n) is 7.48. The summed E-state index contributed by atoms with van der Waals surface area (Å²) in [4.78, 5) is 2.53. The molecule has 0 bridgehead atoms. The molecular weight excluding hydrogens is 252 g/mol. The van der Waals surface area contributed by atoms with Crippen LogP contribution in [0.2, 0.25) is 0 Å². The van der Waals surface area contributed by atoms with Crippen LogP contribution >= 0.6 is 0 Å². The van der Waals surface area contributed by atoms with E-state index in [1.807, 2.05) is 6.07 Å². The van der Waals surface area contributed by atoms with Gasteiger partial charge in [0.25, 0.3) is 0 Å². The molecule has 1 atom stereocenters. The van der Waals surface area contributed by atoms with E-state index in [0.717, 1.165) is 18.0 Å². The summed E-state index contributed by atoms with van der Waals surface area (Å²) in [6, 6.07) is 6.48. The number of hydrogen-bond donors (Lipinski definition) is 1. The first-order chi connectivity index (χ1) is 9.62. The zero-order valence-corrected chi connectivity index (χ0v) is 12.4. The van der Waals surface area contributed by atoms with E-state index < -0.39 is 0 Å². The fourth-order valence-electron chi connectivity index (χ4n) is 3.42. The maximum Gasteiger partial charge on any atom is 0.161 e. The first-order valence-corrected chi connectivity index (χ1v) is 7.48. The molecule has 3 rings (SSSR count). The first kappa shape index (κ1) is 13.7. The van der Waals surface area contributed by atoms with Crippen LogP contribution in [-0.2, 0) is 0 Å². The molecule has 0 aromatic heterocycles. The summed E-state index contributed by atoms with van der Waals surface area (Å²) in [5.41, 5.74) is 7.52. The van der Waals surface area contributed by atoms with Crippen LogP contribution in [0.3, 0.4) is 0 Å². The van der Waals surface area contributed by atoms with Crippen molar-refractivity contribution in [2.75, 3.05) is 26.3 Å². The highest BCUT2D eigenvalue weighted by molar-refractivity contribution is 5.44. The van der Waals surface area contributed by atoms with Gasteiger partial charge in [0.05, 0.1) is 0 Å². The monoisotopic (exact) mass is 276 g/mol. The molecule has 0 radical (unpaired) electrons. The Labute approximate surface area is 120 Å². The molecule has 2 aliphatic heterocycles. The van der Waals surface area contributed by atoms with E-state index in [1.54, 1.807) is 0 Å². The molecule has 1 saturated heterocycles. The maximum absolute atomic E-state index is 6.07. The molecule has 2 N–H and O–H groups in total. The Hall–Kier alpha value is -1.26. The summed E-state index contributed by atoms with van der Waals surface area (Å²) < 4.78 is 11.3. The second-order valence-corrected chi connectivity index (χ2v) is 6.26. The van der Waals surface area contributed by atoms with E-state index in [4.69, 9.17) is 15.2 Å². The van der Waals surface area contributed by atoms with Crippen LogP contribution in [0.1, 0.15) is 38.3 Å². The summed E-state index contributed by atoms with van der Waals surface area (Å²) in [6.07, 6.45) is 2.47. The lowest BCUT2D eigenvalue weighted by atomic mass is 9.97. The van der Waals surface area contributed by atoms with Crippen molar-refractivity contribution >= 4 is 0 Å². The van der Waals surface area contributed by atoms with Crippen LogP contribution in [0.25, 0.3) is 0 Å². The van der Waals surface area contributed by atoms with Gasteiger partial charge in [-0.15, -0.1) is 0 Å². The number of likely N-dealkylation sites (tertiary alicyclic amines) is 1. The summed E-state index contributed by atoms with van der Waals surface area (Å²) in [5, 5.41) is 0. The Morgan fingerprint density at radius 2 is 2.00 bits per heavy atom. The van der Waals surface area contributed by atoms with Gasteiger partial charge in [-0.2, -0.15) is 0 Å². The maximum atomic E-state index is 6.07. The second-order valence-electron chi connectivity index (χ2n) is 6.26. The normalized spacial score (nSPS) is 22.8. The van der Waals surface area contributed by atoms with E-state index in [-0.39, 0.29) is 11.6 Å². The van der Waals surface area contributed by atoms with Crippen LogP contribution in [0.4, 0.5) is 0 Å². The van der Waals surface area contributed by atoms with Gasteiger partial charge in [0.1, 0.15) is 13.2 Å². The quantitative estimate of drug-likeness (QED) is 0.920. The number of benzene rings is 1. The van der Waals surface area contributed by atoms with Crippen LogP contribution in [0.15, 0.2) is 18.2 Å². The van der Waals surface area contributed by atoms with Gasteiger partial charge in [-0.05, 0) is 50.9 Å². The summed E-state index contributed by atoms with van der Waals surface area (Å²) in [7, 11) is 0. The summed E-state index contributed by atoms with van der Waals surface area (Å²) in [6.45, 7) is 7.61. The lowest BCUT2D eigenvalue weighted by Crippen LogP contribution is -2.43. The third kappa shape index (κ3) is 2.38. The third-order valence-electron chi connectivity index (χ3n) is 4.52. The molecule has 1 unspecified atom stereocenters. The Kier molecular flexibility index (Phi) is 3.61. The molecule has 1 aromatic rings. The van der Waals surface area contributed by atoms with Crippen molar-refractivity contribution < 1.29 is 9.47 Å². The van der Waals surface area contributed by atoms with Gasteiger partial charge >= 0.3 is 0 Å². The minimum Gasteiger partial charge on any atom is -0.486 e. The highest BCUT2D eigenvalue weighted by Crippen LogP contribution is 2.39. The predicted molar refractivity (Wildman–Crippen MR) is 79.2 cm³/mol. The van der Waals surface area contributed by atoms with E-state index in [2.05, 4.69) is 30.9 Å². The number of hydrogen-bond acceptors (Lipinski definition) is 4. The summed E-state index contributed by atoms with van der Waals surface area (Å²) >= 11 is 0. The molecule has 2 heterocycles. The molecular formula is C16H24N2O2. The smallest absolute Gasteiger partial charge is 0.161 e. The van der Waals surface area contributed by atoms with Crippen molar-refractivity contribution in [1.82, 2.24) is 4.90 Å². The number of rotatable bonds is 3. The number of nitrogens with zero attached hydrogens (tertiary/aromatic N) is 1. The molecule has 1 fully saturated rings. The minimum absolute atomic E-state index is 0.220. The van der Waals surface area contributed by atoms with Gasteiger partial charge in [-0.1, -0.05) is 6.07 Å². The topological polar surface area (TPSA) is 47.7 Å². The highest BCUT2D eigenvalue weighted by Gasteiger charge is 2.37. The van der Waals surface area contributed by atoms with Crippen LogP contribution in [0, 0.1) is 0 Å².